The van der Waals surface area contributed by atoms with Crippen molar-refractivity contribution in [3.05, 3.63) is 0 Å². The molecular weight excluding hydrogens is 666 g/mol. The number of nitrogens with one attached hydrogen (secondary N) is 1. The van der Waals surface area contributed by atoms with E-state index in [1.165, 1.54) is 42.2 Å². The zero-order valence-electron chi connectivity index (χ0n) is 24.5. The first-order valence-corrected chi connectivity index (χ1v) is 20.3. The van der Waals surface area contributed by atoms with Crippen molar-refractivity contribution >= 4 is 3.72 Å². The van der Waals surface area contributed by atoms with Crippen LogP contribution in [-0.2, 0) is 0 Å². The molecule has 4 saturated carbocycles. The molecule has 0 aromatic carbocycles. The van der Waals surface area contributed by atoms with Crippen LogP contribution in [0.25, 0.3) is 0 Å². The second-order valence-electron chi connectivity index (χ2n) is 14.6. The van der Waals surface area contributed by atoms with E-state index in [0.717, 1.165) is 51.4 Å². The third-order valence-corrected chi connectivity index (χ3v) is 18.5. The van der Waals surface area contributed by atoms with Crippen LogP contribution in [0.3, 0.4) is 0 Å². The monoisotopic (exact) mass is 722 g/mol. The fraction of sp³-hybridized carbons (Fsp3) is 0.969. The van der Waals surface area contributed by atoms with Crippen molar-refractivity contribution in [3.8, 4) is 0 Å². The van der Waals surface area contributed by atoms with Crippen molar-refractivity contribution in [3.63, 3.8) is 0 Å². The minimum atomic E-state index is 0.0193. The number of fused-ring (bicyclic) bond motifs is 5. The summed E-state index contributed by atoms with van der Waals surface area (Å²) in [5, 5.41) is 0. The Balaban J connectivity index is 1.24. The van der Waals surface area contributed by atoms with E-state index in [0.29, 0.717) is 14.9 Å². The third kappa shape index (κ3) is 5.63. The Labute approximate surface area is 245 Å². The summed E-state index contributed by atoms with van der Waals surface area (Å²) >= 11 is 0.131. The number of halogens is 2. The number of nitrogens with zero attached hydrogens (tertiary/aromatic N) is 1. The van der Waals surface area contributed by atoms with Crippen molar-refractivity contribution in [2.24, 2.45) is 63.2 Å². The normalized spacial score (nSPS) is 48.4. The molecule has 0 aromatic heterocycles. The standard InChI is InChI=1S/C32H56I2N2/c1-8-32(18-20(2)3)16-14-25-24(19-32)9-10-27-26(25)13-15-31(7)28(11-12-29(27)31)21(4)17-30-34-36-23(6)33-22(5)35-30/h20-21,23-30,36H,8-19H2,1-7H3/q-2/t21-,23+,24+,25+,26-,27-,28-,29+,30-,31-,32+/m1/s1. The van der Waals surface area contributed by atoms with Gasteiger partial charge in [0.05, 0.1) is 0 Å². The van der Waals surface area contributed by atoms with Gasteiger partial charge in [0.2, 0.25) is 0 Å². The molecule has 0 amide bonds. The van der Waals surface area contributed by atoms with Crippen molar-refractivity contribution in [2.75, 3.05) is 0 Å². The first-order valence-electron chi connectivity index (χ1n) is 15.7. The number of aliphatic imine (C=N–C) groups is 1. The zero-order chi connectivity index (χ0) is 25.7. The van der Waals surface area contributed by atoms with Crippen molar-refractivity contribution in [1.29, 1.82) is 0 Å². The van der Waals surface area contributed by atoms with Crippen LogP contribution in [0.4, 0.5) is 0 Å². The van der Waals surface area contributed by atoms with Crippen molar-refractivity contribution in [1.82, 2.24) is 3.53 Å². The third-order valence-electron chi connectivity index (χ3n) is 12.1. The fourth-order valence-electron chi connectivity index (χ4n) is 10.8. The predicted octanol–water partition coefficient (Wildman–Crippen LogP) is 2.51. The van der Waals surface area contributed by atoms with Crippen LogP contribution >= 0.6 is 0 Å². The Hall–Kier alpha value is 1.09. The molecule has 4 fully saturated rings. The molecule has 210 valence electrons. The van der Waals surface area contributed by atoms with Crippen molar-refractivity contribution < 1.29 is 42.7 Å². The van der Waals surface area contributed by atoms with Crippen LogP contribution in [0, 0.1) is 58.2 Å². The van der Waals surface area contributed by atoms with E-state index in [1.54, 1.807) is 38.5 Å². The summed E-state index contributed by atoms with van der Waals surface area (Å²) in [5.41, 5.74) is 1.29. The summed E-state index contributed by atoms with van der Waals surface area (Å²) in [6.45, 7) is 17.5. The van der Waals surface area contributed by atoms with E-state index < -0.39 is 0 Å². The Morgan fingerprint density at radius 3 is 2.53 bits per heavy atom. The minimum absolute atomic E-state index is 0.0193. The second-order valence-corrected chi connectivity index (χ2v) is 21.3. The van der Waals surface area contributed by atoms with Gasteiger partial charge in [-0.2, -0.15) is 0 Å². The summed E-state index contributed by atoms with van der Waals surface area (Å²) in [4.78, 5) is 5.26. The molecule has 1 heterocycles. The van der Waals surface area contributed by atoms with Gasteiger partial charge in [0, 0.05) is 0 Å². The van der Waals surface area contributed by atoms with Crippen molar-refractivity contribution in [2.45, 2.75) is 134 Å². The SMILES string of the molecule is CC[C@@]1(CC(C)C)CC[C@H]2[C@@H](CC[C@@H]3[C@@H]2CC[C@]2(C)[C@@H]([C@H](C)C[C@H]4N=C(C)[I-][C@H](C)N[I-]4)CC[C@@H]32)C1. The number of hydrogen-bond acceptors (Lipinski definition) is 2. The summed E-state index contributed by atoms with van der Waals surface area (Å²) in [5.74, 6) is 7.92. The van der Waals surface area contributed by atoms with Gasteiger partial charge in [-0.25, -0.2) is 0 Å². The summed E-state index contributed by atoms with van der Waals surface area (Å²) in [6.07, 6.45) is 18.2. The molecule has 1 aliphatic heterocycles. The molecule has 5 rings (SSSR count). The van der Waals surface area contributed by atoms with Gasteiger partial charge in [0.15, 0.2) is 0 Å². The Bertz CT molecular complexity index is 797. The van der Waals surface area contributed by atoms with Crippen LogP contribution in [0.5, 0.6) is 0 Å². The average Bonchev–Trinajstić information content (AvgIpc) is 3.10. The number of rotatable bonds is 6. The summed E-state index contributed by atoms with van der Waals surface area (Å²) in [6, 6.07) is 0. The molecular formula is C32H56I2N2-2. The molecule has 0 spiro atoms. The van der Waals surface area contributed by atoms with E-state index in [2.05, 4.69) is 52.0 Å². The van der Waals surface area contributed by atoms with Gasteiger partial charge in [-0.05, 0) is 12.3 Å². The molecule has 5 aliphatic rings. The molecule has 4 heteroatoms. The van der Waals surface area contributed by atoms with Crippen LogP contribution in [0.15, 0.2) is 4.99 Å². The van der Waals surface area contributed by atoms with Crippen LogP contribution in [0.2, 0.25) is 0 Å². The average molecular weight is 723 g/mol. The van der Waals surface area contributed by atoms with Gasteiger partial charge in [-0.15, -0.1) is 0 Å². The van der Waals surface area contributed by atoms with Crippen LogP contribution in [0.1, 0.15) is 126 Å². The molecule has 0 unspecified atom stereocenters. The zero-order valence-corrected chi connectivity index (χ0v) is 28.8. The maximum absolute atomic E-state index is 5.26. The first kappa shape index (κ1) is 28.6. The van der Waals surface area contributed by atoms with E-state index in [9.17, 15) is 0 Å². The fourth-order valence-corrected chi connectivity index (χ4v) is 17.5. The Kier molecular flexibility index (Phi) is 9.16. The second kappa shape index (κ2) is 11.5. The van der Waals surface area contributed by atoms with Gasteiger partial charge in [-0.1, -0.05) is 27.2 Å². The predicted molar refractivity (Wildman–Crippen MR) is 146 cm³/mol. The Morgan fingerprint density at radius 2 is 1.78 bits per heavy atom. The van der Waals surface area contributed by atoms with E-state index in [-0.39, 0.29) is 42.7 Å². The van der Waals surface area contributed by atoms with E-state index in [1.807, 2.05) is 0 Å². The molecule has 11 atom stereocenters. The van der Waals surface area contributed by atoms with Gasteiger partial charge in [-0.3, -0.25) is 0 Å². The Morgan fingerprint density at radius 1 is 1.00 bits per heavy atom. The molecule has 36 heavy (non-hydrogen) atoms. The molecule has 0 saturated heterocycles. The topological polar surface area (TPSA) is 24.4 Å². The van der Waals surface area contributed by atoms with Gasteiger partial charge >= 0.3 is 207 Å². The van der Waals surface area contributed by atoms with E-state index >= 15 is 0 Å². The van der Waals surface area contributed by atoms with E-state index in [4.69, 9.17) is 4.99 Å². The van der Waals surface area contributed by atoms with Gasteiger partial charge in [0.25, 0.3) is 0 Å². The number of hydrogen-bond donors (Lipinski definition) is 1. The van der Waals surface area contributed by atoms with Crippen LogP contribution in [-0.4, -0.2) is 11.8 Å². The molecule has 4 aliphatic carbocycles. The first-order chi connectivity index (χ1) is 17.1. The quantitative estimate of drug-likeness (QED) is 0.194. The molecule has 1 N–H and O–H groups in total. The molecule has 0 aromatic rings. The molecule has 2 nitrogen and oxygen atoms in total. The molecule has 0 bridgehead atoms. The maximum atomic E-state index is 5.26. The molecule has 0 radical (unpaired) electrons. The number of alkyl halides is 2. The van der Waals surface area contributed by atoms with Crippen LogP contribution < -0.4 is 46.2 Å². The van der Waals surface area contributed by atoms with Gasteiger partial charge < -0.3 is 0 Å². The summed E-state index contributed by atoms with van der Waals surface area (Å²) < 4.78 is 6.79. The van der Waals surface area contributed by atoms with Gasteiger partial charge in [0.1, 0.15) is 0 Å². The summed E-state index contributed by atoms with van der Waals surface area (Å²) in [7, 11) is 0.